The zero-order valence-corrected chi connectivity index (χ0v) is 22.5. The zero-order chi connectivity index (χ0) is 27.5. The molecule has 0 radical (unpaired) electrons. The van der Waals surface area contributed by atoms with Crippen molar-refractivity contribution in [3.05, 3.63) is 42.7 Å². The Morgan fingerprint density at radius 3 is 2.70 bits per heavy atom. The number of para-hydroxylation sites is 2. The topological polar surface area (TPSA) is 140 Å². The molecule has 2 aliphatic rings. The minimum atomic E-state index is -0.394. The molecule has 0 aliphatic carbocycles. The molecule has 0 bridgehead atoms. The summed E-state index contributed by atoms with van der Waals surface area (Å²) < 4.78 is 17.3. The van der Waals surface area contributed by atoms with Gasteiger partial charge >= 0.3 is 5.97 Å². The molecule has 13 heteroatoms. The molecule has 13 nitrogen and oxygen atoms in total. The Hall–Kier alpha value is -4.39. The van der Waals surface area contributed by atoms with Crippen molar-refractivity contribution in [2.75, 3.05) is 75.1 Å². The number of hydrogen-bond donors (Lipinski definition) is 1. The quantitative estimate of drug-likeness (QED) is 0.322. The number of carbonyl (C=O) groups excluding carboxylic acids is 1. The van der Waals surface area contributed by atoms with Gasteiger partial charge in [-0.3, -0.25) is 4.90 Å². The fraction of sp³-hybridized carbons (Fsp3) is 0.444. The number of furan rings is 1. The summed E-state index contributed by atoms with van der Waals surface area (Å²) in [5, 5.41) is 4.39. The van der Waals surface area contributed by atoms with E-state index >= 15 is 0 Å². The Kier molecular flexibility index (Phi) is 7.36. The van der Waals surface area contributed by atoms with Gasteiger partial charge in [0.25, 0.3) is 5.78 Å². The van der Waals surface area contributed by atoms with Crippen molar-refractivity contribution < 1.29 is 18.7 Å². The molecule has 210 valence electrons. The van der Waals surface area contributed by atoms with Gasteiger partial charge in [0, 0.05) is 45.8 Å². The molecule has 2 N–H and O–H groups in total. The molecule has 0 spiro atoms. The largest absolute Gasteiger partial charge is 0.480 e. The van der Waals surface area contributed by atoms with Gasteiger partial charge in [0.1, 0.15) is 5.75 Å². The number of piperidine rings is 1. The maximum absolute atomic E-state index is 11.5. The van der Waals surface area contributed by atoms with Crippen LogP contribution >= 0.6 is 0 Å². The number of hydrogen-bond acceptors (Lipinski definition) is 12. The summed E-state index contributed by atoms with van der Waals surface area (Å²) in [6.45, 7) is 6.32. The number of nitrogens with zero attached hydrogens (tertiary/aromatic N) is 8. The van der Waals surface area contributed by atoms with Crippen LogP contribution in [0.25, 0.3) is 17.4 Å². The smallest absolute Gasteiger partial charge is 0.343 e. The van der Waals surface area contributed by atoms with E-state index in [1.807, 2.05) is 24.3 Å². The van der Waals surface area contributed by atoms with E-state index in [1.54, 1.807) is 18.4 Å². The molecule has 1 atom stereocenters. The molecule has 3 aromatic heterocycles. The van der Waals surface area contributed by atoms with Crippen molar-refractivity contribution in [1.82, 2.24) is 29.5 Å². The van der Waals surface area contributed by atoms with E-state index in [-0.39, 0.29) is 12.6 Å². The van der Waals surface area contributed by atoms with Crippen LogP contribution in [0.2, 0.25) is 0 Å². The molecule has 2 fully saturated rings. The van der Waals surface area contributed by atoms with Crippen molar-refractivity contribution in [2.45, 2.75) is 12.8 Å². The Labute approximate surface area is 231 Å². The maximum atomic E-state index is 11.5. The molecule has 0 amide bonds. The second-order valence-corrected chi connectivity index (χ2v) is 10.1. The average molecular weight is 548 g/mol. The average Bonchev–Trinajstić information content (AvgIpc) is 3.67. The van der Waals surface area contributed by atoms with Gasteiger partial charge in [-0.05, 0) is 43.0 Å². The van der Waals surface area contributed by atoms with Crippen molar-refractivity contribution in [2.24, 2.45) is 5.92 Å². The number of fused-ring (bicyclic) bond motifs is 1. The highest BCUT2D eigenvalue weighted by atomic mass is 16.6. The molecule has 4 aromatic rings. The number of nitrogens with two attached hydrogens (primary N) is 1. The summed E-state index contributed by atoms with van der Waals surface area (Å²) in [6.07, 6.45) is 3.80. The summed E-state index contributed by atoms with van der Waals surface area (Å²) >= 11 is 0. The summed E-state index contributed by atoms with van der Waals surface area (Å²) in [5.74, 6) is 3.02. The first-order valence-corrected chi connectivity index (χ1v) is 13.5. The predicted molar refractivity (Wildman–Crippen MR) is 148 cm³/mol. The Morgan fingerprint density at radius 2 is 1.90 bits per heavy atom. The summed E-state index contributed by atoms with van der Waals surface area (Å²) in [4.78, 5) is 32.3. The molecular formula is C27H33N9O4. The van der Waals surface area contributed by atoms with Gasteiger partial charge in [-0.2, -0.15) is 19.5 Å². The lowest BCUT2D eigenvalue weighted by molar-refractivity contribution is -0.142. The molecule has 5 heterocycles. The van der Waals surface area contributed by atoms with Crippen molar-refractivity contribution >= 4 is 29.3 Å². The zero-order valence-electron chi connectivity index (χ0n) is 22.5. The number of methoxy groups -OCH3 is 1. The SMILES string of the molecule is COC(=O)COc1ccccc1N1CCN(C[C@@H]2CCCN(c3nc(N)n4nc(-c5ccco5)nc4n3)C2)CC1. The number of carbonyl (C=O) groups is 1. The Morgan fingerprint density at radius 1 is 1.05 bits per heavy atom. The van der Waals surface area contributed by atoms with Crippen molar-refractivity contribution in [3.63, 3.8) is 0 Å². The summed E-state index contributed by atoms with van der Waals surface area (Å²) in [7, 11) is 1.36. The first kappa shape index (κ1) is 25.9. The fourth-order valence-electron chi connectivity index (χ4n) is 5.41. The lowest BCUT2D eigenvalue weighted by Crippen LogP contribution is -2.50. The second-order valence-electron chi connectivity index (χ2n) is 10.1. The van der Waals surface area contributed by atoms with Crippen LogP contribution in [-0.2, 0) is 9.53 Å². The third-order valence-electron chi connectivity index (χ3n) is 7.43. The van der Waals surface area contributed by atoms with Crippen molar-refractivity contribution in [3.8, 4) is 17.3 Å². The van der Waals surface area contributed by atoms with Crippen LogP contribution < -0.4 is 20.3 Å². The van der Waals surface area contributed by atoms with Gasteiger partial charge in [-0.15, -0.1) is 5.10 Å². The number of nitrogen functional groups attached to an aromatic ring is 1. The van der Waals surface area contributed by atoms with Crippen LogP contribution in [0.4, 0.5) is 17.6 Å². The standard InChI is InChI=1S/C27H33N9O4/c1-38-23(37)18-40-21-8-3-2-7-20(21)34-13-11-33(12-14-34)16-19-6-4-10-35(17-19)26-30-25(28)36-27(31-26)29-24(32-36)22-9-5-15-39-22/h2-3,5,7-9,15,19H,4,6,10-14,16-18H2,1H3,(H2,28,29,30,31,32)/t19-/m0/s1. The molecule has 0 unspecified atom stereocenters. The predicted octanol–water partition coefficient (Wildman–Crippen LogP) is 1.95. The normalized spacial score (nSPS) is 18.3. The highest BCUT2D eigenvalue weighted by Gasteiger charge is 2.27. The van der Waals surface area contributed by atoms with Crippen LogP contribution in [0.3, 0.4) is 0 Å². The molecule has 40 heavy (non-hydrogen) atoms. The van der Waals surface area contributed by atoms with Gasteiger partial charge in [0.2, 0.25) is 17.7 Å². The third kappa shape index (κ3) is 5.50. The van der Waals surface area contributed by atoms with Gasteiger partial charge < -0.3 is 29.4 Å². The molecule has 6 rings (SSSR count). The molecule has 2 saturated heterocycles. The van der Waals surface area contributed by atoms with Crippen LogP contribution in [-0.4, -0.2) is 95.0 Å². The third-order valence-corrected chi connectivity index (χ3v) is 7.43. The van der Waals surface area contributed by atoms with E-state index in [9.17, 15) is 4.79 Å². The number of ether oxygens (including phenoxy) is 2. The maximum Gasteiger partial charge on any atom is 0.343 e. The number of piperazine rings is 1. The number of aromatic nitrogens is 5. The number of anilines is 3. The fourth-order valence-corrected chi connectivity index (χ4v) is 5.41. The molecule has 1 aromatic carbocycles. The van der Waals surface area contributed by atoms with E-state index < -0.39 is 5.97 Å². The Balaban J connectivity index is 1.06. The minimum Gasteiger partial charge on any atom is -0.480 e. The van der Waals surface area contributed by atoms with Gasteiger partial charge in [-0.25, -0.2) is 4.79 Å². The molecular weight excluding hydrogens is 514 g/mol. The lowest BCUT2D eigenvalue weighted by Gasteiger charge is -2.40. The van der Waals surface area contributed by atoms with E-state index in [2.05, 4.69) is 34.8 Å². The van der Waals surface area contributed by atoms with E-state index in [0.717, 1.165) is 64.3 Å². The lowest BCUT2D eigenvalue weighted by atomic mass is 9.97. The molecule has 2 aliphatic heterocycles. The van der Waals surface area contributed by atoms with Crippen LogP contribution in [0, 0.1) is 5.92 Å². The van der Waals surface area contributed by atoms with Crippen LogP contribution in [0.5, 0.6) is 5.75 Å². The number of rotatable bonds is 8. The first-order chi connectivity index (χ1) is 19.6. The van der Waals surface area contributed by atoms with E-state index in [1.165, 1.54) is 11.6 Å². The van der Waals surface area contributed by atoms with E-state index in [0.29, 0.717) is 35.0 Å². The van der Waals surface area contributed by atoms with E-state index in [4.69, 9.17) is 19.6 Å². The summed E-state index contributed by atoms with van der Waals surface area (Å²) in [6, 6.07) is 11.4. The van der Waals surface area contributed by atoms with Crippen LogP contribution in [0.1, 0.15) is 12.8 Å². The Bertz CT molecular complexity index is 1450. The molecule has 0 saturated carbocycles. The first-order valence-electron chi connectivity index (χ1n) is 13.5. The minimum absolute atomic E-state index is 0.101. The highest BCUT2D eigenvalue weighted by molar-refractivity contribution is 5.71. The number of esters is 1. The van der Waals surface area contributed by atoms with Gasteiger partial charge in [0.15, 0.2) is 12.4 Å². The number of benzene rings is 1. The monoisotopic (exact) mass is 547 g/mol. The second kappa shape index (κ2) is 11.4. The highest BCUT2D eigenvalue weighted by Crippen LogP contribution is 2.30. The van der Waals surface area contributed by atoms with Gasteiger partial charge in [-0.1, -0.05) is 12.1 Å². The van der Waals surface area contributed by atoms with Crippen LogP contribution in [0.15, 0.2) is 47.1 Å². The van der Waals surface area contributed by atoms with Crippen molar-refractivity contribution in [1.29, 1.82) is 0 Å². The summed E-state index contributed by atoms with van der Waals surface area (Å²) in [5.41, 5.74) is 7.24. The van der Waals surface area contributed by atoms with Gasteiger partial charge in [0.05, 0.1) is 19.1 Å².